The average Bonchev–Trinajstić information content (AvgIpc) is 2.82. The van der Waals surface area contributed by atoms with Crippen molar-refractivity contribution >= 4 is 17.7 Å². The third kappa shape index (κ3) is 7.95. The molecule has 0 spiro atoms. The van der Waals surface area contributed by atoms with E-state index in [2.05, 4.69) is 20.9 Å². The van der Waals surface area contributed by atoms with Crippen LogP contribution in [0.1, 0.15) is 36.0 Å². The second-order valence-electron chi connectivity index (χ2n) is 8.32. The van der Waals surface area contributed by atoms with Gasteiger partial charge in [-0.25, -0.2) is 0 Å². The predicted molar refractivity (Wildman–Crippen MR) is 118 cm³/mol. The van der Waals surface area contributed by atoms with Gasteiger partial charge in [-0.05, 0) is 43.7 Å². The Morgan fingerprint density at radius 1 is 0.935 bits per heavy atom. The number of nitrogens with zero attached hydrogens (tertiary/aromatic N) is 1. The van der Waals surface area contributed by atoms with Crippen LogP contribution in [0.2, 0.25) is 0 Å². The van der Waals surface area contributed by atoms with E-state index in [1.54, 1.807) is 24.3 Å². The van der Waals surface area contributed by atoms with Crippen LogP contribution >= 0.6 is 0 Å². The first kappa shape index (κ1) is 23.2. The van der Waals surface area contributed by atoms with Crippen molar-refractivity contribution in [1.29, 1.82) is 0 Å². The number of rotatable bonds is 9. The Hall–Kier alpha value is -2.45. The van der Waals surface area contributed by atoms with Gasteiger partial charge in [0.2, 0.25) is 11.8 Å². The standard InChI is InChI=1S/C23H34N4O4/c28-21(17-26-23(30)19-4-2-1-3-5-19)25-16-18-6-8-20(9-7-18)22(29)24-10-11-27-12-14-31-15-13-27/h1-5,18,20H,6-17H2,(H,24,29)(H,25,28)(H,26,30). The number of nitrogens with one attached hydrogen (secondary N) is 3. The molecule has 0 unspecified atom stereocenters. The Labute approximate surface area is 184 Å². The molecule has 8 heteroatoms. The van der Waals surface area contributed by atoms with Crippen molar-refractivity contribution in [3.63, 3.8) is 0 Å². The number of benzene rings is 1. The van der Waals surface area contributed by atoms with Crippen molar-refractivity contribution in [2.45, 2.75) is 25.7 Å². The van der Waals surface area contributed by atoms with Gasteiger partial charge in [0.15, 0.2) is 0 Å². The molecule has 1 aromatic carbocycles. The lowest BCUT2D eigenvalue weighted by atomic mass is 9.81. The Morgan fingerprint density at radius 2 is 1.65 bits per heavy atom. The van der Waals surface area contributed by atoms with E-state index in [0.717, 1.165) is 58.5 Å². The summed E-state index contributed by atoms with van der Waals surface area (Å²) in [6.45, 7) is 5.52. The van der Waals surface area contributed by atoms with Gasteiger partial charge in [0.1, 0.15) is 0 Å². The second kappa shape index (κ2) is 12.4. The highest BCUT2D eigenvalue weighted by Gasteiger charge is 2.26. The van der Waals surface area contributed by atoms with Crippen LogP contribution in [0.25, 0.3) is 0 Å². The Balaban J connectivity index is 1.25. The minimum absolute atomic E-state index is 0.0331. The molecule has 1 aromatic rings. The van der Waals surface area contributed by atoms with Crippen LogP contribution in [0.15, 0.2) is 30.3 Å². The van der Waals surface area contributed by atoms with E-state index in [-0.39, 0.29) is 30.2 Å². The number of carbonyl (C=O) groups excluding carboxylic acids is 3. The maximum Gasteiger partial charge on any atom is 0.251 e. The first-order valence-electron chi connectivity index (χ1n) is 11.3. The number of carbonyl (C=O) groups is 3. The summed E-state index contributed by atoms with van der Waals surface area (Å²) in [5, 5.41) is 8.62. The Morgan fingerprint density at radius 3 is 2.35 bits per heavy atom. The van der Waals surface area contributed by atoms with Crippen molar-refractivity contribution in [3.8, 4) is 0 Å². The molecule has 3 N–H and O–H groups in total. The fourth-order valence-electron chi connectivity index (χ4n) is 4.11. The zero-order valence-electron chi connectivity index (χ0n) is 18.1. The first-order valence-corrected chi connectivity index (χ1v) is 11.3. The van der Waals surface area contributed by atoms with Crippen LogP contribution in [0.3, 0.4) is 0 Å². The summed E-state index contributed by atoms with van der Waals surface area (Å²) in [6, 6.07) is 8.84. The summed E-state index contributed by atoms with van der Waals surface area (Å²) in [5.74, 6) is 0.162. The highest BCUT2D eigenvalue weighted by molar-refractivity contribution is 5.96. The molecule has 0 atom stereocenters. The van der Waals surface area contributed by atoms with Crippen molar-refractivity contribution in [2.24, 2.45) is 11.8 Å². The lowest BCUT2D eigenvalue weighted by molar-refractivity contribution is -0.126. The van der Waals surface area contributed by atoms with Gasteiger partial charge in [0.05, 0.1) is 19.8 Å². The van der Waals surface area contributed by atoms with E-state index in [0.29, 0.717) is 24.6 Å². The largest absolute Gasteiger partial charge is 0.379 e. The molecular formula is C23H34N4O4. The van der Waals surface area contributed by atoms with Gasteiger partial charge in [-0.1, -0.05) is 18.2 Å². The first-order chi connectivity index (χ1) is 15.1. The van der Waals surface area contributed by atoms with Gasteiger partial charge in [-0.15, -0.1) is 0 Å². The number of amides is 3. The third-order valence-electron chi connectivity index (χ3n) is 6.08. The molecule has 1 aliphatic carbocycles. The van der Waals surface area contributed by atoms with Crippen LogP contribution in [-0.2, 0) is 14.3 Å². The summed E-state index contributed by atoms with van der Waals surface area (Å²) in [4.78, 5) is 38.7. The smallest absolute Gasteiger partial charge is 0.251 e. The maximum absolute atomic E-state index is 12.4. The molecule has 1 saturated heterocycles. The van der Waals surface area contributed by atoms with Crippen LogP contribution in [0, 0.1) is 11.8 Å². The van der Waals surface area contributed by atoms with E-state index < -0.39 is 0 Å². The Kier molecular flexibility index (Phi) is 9.30. The lowest BCUT2D eigenvalue weighted by Crippen LogP contribution is -2.43. The van der Waals surface area contributed by atoms with Crippen LogP contribution < -0.4 is 16.0 Å². The summed E-state index contributed by atoms with van der Waals surface area (Å²) in [7, 11) is 0. The van der Waals surface area contributed by atoms with Gasteiger partial charge < -0.3 is 20.7 Å². The van der Waals surface area contributed by atoms with E-state index in [9.17, 15) is 14.4 Å². The molecule has 8 nitrogen and oxygen atoms in total. The minimum Gasteiger partial charge on any atom is -0.379 e. The van der Waals surface area contributed by atoms with Crippen molar-refractivity contribution in [2.75, 3.05) is 52.5 Å². The molecule has 170 valence electrons. The van der Waals surface area contributed by atoms with E-state index in [1.807, 2.05) is 6.07 Å². The van der Waals surface area contributed by atoms with E-state index in [4.69, 9.17) is 4.74 Å². The van der Waals surface area contributed by atoms with Crippen molar-refractivity contribution < 1.29 is 19.1 Å². The number of hydrogen-bond donors (Lipinski definition) is 3. The minimum atomic E-state index is -0.254. The van der Waals surface area contributed by atoms with Crippen LogP contribution in [-0.4, -0.2) is 75.1 Å². The van der Waals surface area contributed by atoms with Gasteiger partial charge in [0.25, 0.3) is 5.91 Å². The van der Waals surface area contributed by atoms with E-state index in [1.165, 1.54) is 0 Å². The summed E-state index contributed by atoms with van der Waals surface area (Å²) < 4.78 is 5.34. The summed E-state index contributed by atoms with van der Waals surface area (Å²) in [5.41, 5.74) is 0.539. The maximum atomic E-state index is 12.4. The molecule has 31 heavy (non-hydrogen) atoms. The van der Waals surface area contributed by atoms with Crippen molar-refractivity contribution in [1.82, 2.24) is 20.9 Å². The van der Waals surface area contributed by atoms with Gasteiger partial charge in [0, 0.05) is 44.2 Å². The molecule has 2 aliphatic rings. The monoisotopic (exact) mass is 430 g/mol. The fourth-order valence-corrected chi connectivity index (χ4v) is 4.11. The van der Waals surface area contributed by atoms with Crippen LogP contribution in [0.5, 0.6) is 0 Å². The molecule has 3 amide bonds. The normalized spacial score (nSPS) is 21.8. The van der Waals surface area contributed by atoms with Gasteiger partial charge in [-0.3, -0.25) is 19.3 Å². The van der Waals surface area contributed by atoms with E-state index >= 15 is 0 Å². The molecule has 1 saturated carbocycles. The Bertz CT molecular complexity index is 714. The number of ether oxygens (including phenoxy) is 1. The molecule has 0 radical (unpaired) electrons. The molecular weight excluding hydrogens is 396 g/mol. The predicted octanol–water partition coefficient (Wildman–Crippen LogP) is 0.787. The molecule has 3 rings (SSSR count). The summed E-state index contributed by atoms with van der Waals surface area (Å²) >= 11 is 0. The SMILES string of the molecule is O=C(CNC(=O)c1ccccc1)NCC1CCC(C(=O)NCCN2CCOCC2)CC1. The average molecular weight is 431 g/mol. The molecule has 1 heterocycles. The second-order valence-corrected chi connectivity index (χ2v) is 8.32. The lowest BCUT2D eigenvalue weighted by Gasteiger charge is -2.29. The highest BCUT2D eigenvalue weighted by Crippen LogP contribution is 2.28. The number of morpholine rings is 1. The van der Waals surface area contributed by atoms with Gasteiger partial charge in [-0.2, -0.15) is 0 Å². The molecule has 0 bridgehead atoms. The van der Waals surface area contributed by atoms with Crippen LogP contribution in [0.4, 0.5) is 0 Å². The highest BCUT2D eigenvalue weighted by atomic mass is 16.5. The fraction of sp³-hybridized carbons (Fsp3) is 0.609. The topological polar surface area (TPSA) is 99.8 Å². The quantitative estimate of drug-likeness (QED) is 0.538. The zero-order chi connectivity index (χ0) is 21.9. The van der Waals surface area contributed by atoms with Gasteiger partial charge >= 0.3 is 0 Å². The van der Waals surface area contributed by atoms with Crippen molar-refractivity contribution in [3.05, 3.63) is 35.9 Å². The molecule has 1 aliphatic heterocycles. The molecule has 0 aromatic heterocycles. The molecule has 2 fully saturated rings. The summed E-state index contributed by atoms with van der Waals surface area (Å²) in [6.07, 6.45) is 3.57. The number of hydrogen-bond acceptors (Lipinski definition) is 5. The zero-order valence-corrected chi connectivity index (χ0v) is 18.1. The third-order valence-corrected chi connectivity index (χ3v) is 6.08.